The molecule has 0 radical (unpaired) electrons. The first-order chi connectivity index (χ1) is 9.86. The van der Waals surface area contributed by atoms with Crippen molar-refractivity contribution in [1.82, 2.24) is 19.6 Å². The number of aliphatic hydroxyl groups excluding tert-OH is 2. The number of hydrogen-bond acceptors (Lipinski definition) is 8. The average molecular weight is 424 g/mol. The van der Waals surface area contributed by atoms with Crippen molar-refractivity contribution in [2.75, 3.05) is 18.1 Å². The van der Waals surface area contributed by atoms with Crippen LogP contribution in [0.15, 0.2) is 6.20 Å². The van der Waals surface area contributed by atoms with E-state index in [0.29, 0.717) is 11.3 Å². The molecule has 3 heterocycles. The second-order valence-corrected chi connectivity index (χ2v) is 8.32. The van der Waals surface area contributed by atoms with Crippen LogP contribution in [-0.4, -0.2) is 51.8 Å². The summed E-state index contributed by atoms with van der Waals surface area (Å²) in [6, 6.07) is 0. The van der Waals surface area contributed by atoms with Crippen LogP contribution in [0, 0.1) is 0 Å². The summed E-state index contributed by atoms with van der Waals surface area (Å²) in [6.07, 6.45) is -0.896. The van der Waals surface area contributed by atoms with Crippen LogP contribution in [0.1, 0.15) is 11.8 Å². The maximum Gasteiger partial charge on any atom is 0.240 e. The molecule has 21 heavy (non-hydrogen) atoms. The number of nitrogens with zero attached hydrogens (tertiary/aromatic N) is 4. The largest absolute Gasteiger partial charge is 0.394 e. The van der Waals surface area contributed by atoms with E-state index >= 15 is 0 Å². The van der Waals surface area contributed by atoms with Crippen LogP contribution < -0.4 is 11.5 Å². The number of anilines is 2. The average Bonchev–Trinajstić information content (AvgIpc) is 2.91. The quantitative estimate of drug-likeness (QED) is 0.476. The van der Waals surface area contributed by atoms with Crippen LogP contribution in [0.4, 0.5) is 11.8 Å². The molecule has 2 aromatic rings. The number of nitrogen functional groups attached to an aromatic ring is 2. The van der Waals surface area contributed by atoms with Gasteiger partial charge in [-0.3, -0.25) is 0 Å². The van der Waals surface area contributed by atoms with Crippen molar-refractivity contribution in [3.63, 3.8) is 0 Å². The summed E-state index contributed by atoms with van der Waals surface area (Å²) < 4.78 is 6.08. The monoisotopic (exact) mass is 422 g/mol. The Bertz CT molecular complexity index is 693. The number of halogens is 2. The van der Waals surface area contributed by atoms with E-state index < -0.39 is 21.5 Å². The van der Waals surface area contributed by atoms with Crippen molar-refractivity contribution in [2.24, 2.45) is 0 Å². The minimum Gasteiger partial charge on any atom is -0.394 e. The summed E-state index contributed by atoms with van der Waals surface area (Å²) in [5.41, 5.74) is 12.2. The van der Waals surface area contributed by atoms with Crippen LogP contribution in [0.5, 0.6) is 0 Å². The predicted molar refractivity (Wildman–Crippen MR) is 80.9 cm³/mol. The van der Waals surface area contributed by atoms with Gasteiger partial charge in [-0.05, 0) is 0 Å². The van der Waals surface area contributed by atoms with Crippen molar-refractivity contribution in [3.8, 4) is 0 Å². The first kappa shape index (κ1) is 14.9. The van der Waals surface area contributed by atoms with Gasteiger partial charge in [-0.1, -0.05) is 31.9 Å². The molecule has 9 nitrogen and oxygen atoms in total. The number of fused-ring (bicyclic) bond motifs is 1. The van der Waals surface area contributed by atoms with E-state index in [1.807, 2.05) is 0 Å². The smallest absolute Gasteiger partial charge is 0.240 e. The number of nitrogens with two attached hydrogens (primary N) is 2. The molecule has 0 saturated carbocycles. The van der Waals surface area contributed by atoms with Gasteiger partial charge in [0.15, 0.2) is 11.5 Å². The molecule has 0 aliphatic carbocycles. The molecule has 0 bridgehead atoms. The van der Waals surface area contributed by atoms with Crippen LogP contribution in [-0.2, 0) is 4.74 Å². The Labute approximate surface area is 135 Å². The van der Waals surface area contributed by atoms with Crippen LogP contribution >= 0.6 is 31.9 Å². The highest BCUT2D eigenvalue weighted by atomic mass is 79.9. The maximum absolute atomic E-state index is 10.2. The van der Waals surface area contributed by atoms with E-state index in [1.165, 1.54) is 10.7 Å². The number of ether oxygens (including phenoxy) is 1. The molecule has 11 heteroatoms. The summed E-state index contributed by atoms with van der Waals surface area (Å²) in [4.78, 5) is 7.97. The lowest BCUT2D eigenvalue weighted by atomic mass is 10.1. The second kappa shape index (κ2) is 5.02. The van der Waals surface area contributed by atoms with E-state index in [9.17, 15) is 10.2 Å². The first-order valence-corrected chi connectivity index (χ1v) is 7.53. The van der Waals surface area contributed by atoms with E-state index in [1.54, 1.807) is 0 Å². The lowest BCUT2D eigenvalue weighted by molar-refractivity contribution is -0.0239. The van der Waals surface area contributed by atoms with E-state index in [-0.39, 0.29) is 18.4 Å². The fourth-order valence-electron chi connectivity index (χ4n) is 2.27. The van der Waals surface area contributed by atoms with E-state index in [4.69, 9.17) is 16.2 Å². The van der Waals surface area contributed by atoms with Gasteiger partial charge in [0.25, 0.3) is 0 Å². The fraction of sp³-hybridized carbons (Fsp3) is 0.500. The molecule has 114 valence electrons. The lowest BCUT2D eigenvalue weighted by Crippen LogP contribution is -2.35. The third kappa shape index (κ3) is 2.19. The molecule has 1 saturated heterocycles. The molecular formula is C10H12Br2N6O3. The van der Waals surface area contributed by atoms with Gasteiger partial charge in [0, 0.05) is 0 Å². The molecule has 1 fully saturated rings. The zero-order valence-corrected chi connectivity index (χ0v) is 13.7. The van der Waals surface area contributed by atoms with E-state index in [2.05, 4.69) is 46.9 Å². The van der Waals surface area contributed by atoms with Gasteiger partial charge < -0.3 is 26.4 Å². The predicted octanol–water partition coefficient (Wildman–Crippen LogP) is -0.432. The lowest BCUT2D eigenvalue weighted by Gasteiger charge is -2.23. The van der Waals surface area contributed by atoms with Crippen molar-refractivity contribution < 1.29 is 14.9 Å². The number of rotatable bonds is 2. The molecule has 0 unspecified atom stereocenters. The summed E-state index contributed by atoms with van der Waals surface area (Å²) >= 11 is 6.77. The Morgan fingerprint density at radius 2 is 2.14 bits per heavy atom. The van der Waals surface area contributed by atoms with Gasteiger partial charge >= 0.3 is 0 Å². The van der Waals surface area contributed by atoms with Gasteiger partial charge in [-0.2, -0.15) is 4.98 Å². The molecule has 0 amide bonds. The van der Waals surface area contributed by atoms with Gasteiger partial charge in [-0.25, -0.2) is 9.50 Å². The van der Waals surface area contributed by atoms with Crippen molar-refractivity contribution in [2.45, 2.75) is 21.5 Å². The number of aromatic nitrogens is 4. The first-order valence-electron chi connectivity index (χ1n) is 5.95. The zero-order valence-electron chi connectivity index (χ0n) is 10.5. The SMILES string of the molecule is Nc1nc(N)c2ncc([C@@H]3O[C@H](CO)[C@H](O)C3(Br)Br)n2n1. The van der Waals surface area contributed by atoms with Crippen LogP contribution in [0.2, 0.25) is 0 Å². The highest BCUT2D eigenvalue weighted by molar-refractivity contribution is 9.25. The summed E-state index contributed by atoms with van der Waals surface area (Å²) in [6.45, 7) is -0.327. The Hall–Kier alpha value is -1.01. The highest BCUT2D eigenvalue weighted by Crippen LogP contribution is 2.51. The zero-order chi connectivity index (χ0) is 15.4. The Morgan fingerprint density at radius 1 is 1.43 bits per heavy atom. The molecule has 2 aromatic heterocycles. The van der Waals surface area contributed by atoms with Gasteiger partial charge in [0.2, 0.25) is 5.95 Å². The minimum atomic E-state index is -1.00. The van der Waals surface area contributed by atoms with Gasteiger partial charge in [-0.15, -0.1) is 5.10 Å². The summed E-state index contributed by atoms with van der Waals surface area (Å²) in [5.74, 6) is 0.131. The molecule has 1 aliphatic heterocycles. The number of hydrogen-bond donors (Lipinski definition) is 4. The molecule has 6 N–H and O–H groups in total. The van der Waals surface area contributed by atoms with Crippen molar-refractivity contribution in [1.29, 1.82) is 0 Å². The molecule has 3 atom stereocenters. The number of imidazole rings is 1. The molecule has 1 aliphatic rings. The van der Waals surface area contributed by atoms with Crippen molar-refractivity contribution >= 4 is 49.3 Å². The van der Waals surface area contributed by atoms with Crippen LogP contribution in [0.25, 0.3) is 5.65 Å². The van der Waals surface area contributed by atoms with Gasteiger partial charge in [0.05, 0.1) is 18.5 Å². The molecule has 3 rings (SSSR count). The van der Waals surface area contributed by atoms with E-state index in [0.717, 1.165) is 0 Å². The standard InChI is InChI=1S/C10H12Br2N6O3/c11-10(12)5(20)4(2-19)21-6(10)3-1-15-8-7(13)16-9(14)17-18(3)8/h1,4-6,19-20H,2H2,(H4,13,14,16,17)/t4-,5+,6+/m1/s1. The molecular weight excluding hydrogens is 412 g/mol. The molecule has 0 spiro atoms. The van der Waals surface area contributed by atoms with Crippen LogP contribution in [0.3, 0.4) is 0 Å². The Kier molecular flexibility index (Phi) is 3.56. The number of alkyl halides is 2. The number of aliphatic hydroxyl groups is 2. The summed E-state index contributed by atoms with van der Waals surface area (Å²) in [7, 11) is 0. The Morgan fingerprint density at radius 3 is 2.76 bits per heavy atom. The van der Waals surface area contributed by atoms with Gasteiger partial charge in [0.1, 0.15) is 21.5 Å². The normalized spacial score (nSPS) is 28.3. The minimum absolute atomic E-state index is 0.00810. The Balaban J connectivity index is 2.13. The third-order valence-corrected chi connectivity index (χ3v) is 5.06. The second-order valence-electron chi connectivity index (χ2n) is 4.63. The summed E-state index contributed by atoms with van der Waals surface area (Å²) in [5, 5.41) is 23.5. The third-order valence-electron chi connectivity index (χ3n) is 3.29. The molecule has 0 aromatic carbocycles. The topological polar surface area (TPSA) is 145 Å². The van der Waals surface area contributed by atoms with Crippen molar-refractivity contribution in [3.05, 3.63) is 11.9 Å². The highest BCUT2D eigenvalue weighted by Gasteiger charge is 2.54. The fourth-order valence-corrected chi connectivity index (χ4v) is 3.54. The maximum atomic E-state index is 10.2.